The first kappa shape index (κ1) is 12.4. The lowest BCUT2D eigenvalue weighted by atomic mass is 9.95. The molecule has 1 aliphatic carbocycles. The molecule has 3 nitrogen and oxygen atoms in total. The Morgan fingerprint density at radius 1 is 1.29 bits per heavy atom. The van der Waals surface area contributed by atoms with Crippen molar-refractivity contribution in [3.05, 3.63) is 24.0 Å². The number of aromatic nitrogens is 1. The molecule has 1 atom stereocenters. The van der Waals surface area contributed by atoms with Crippen molar-refractivity contribution in [3.8, 4) is 5.75 Å². The van der Waals surface area contributed by atoms with Crippen LogP contribution in [0.2, 0.25) is 0 Å². The first-order valence-electron chi connectivity index (χ1n) is 6.46. The molecule has 1 saturated carbocycles. The fraction of sp³-hybridized carbons (Fsp3) is 0.643. The van der Waals surface area contributed by atoms with Crippen LogP contribution in [0.4, 0.5) is 0 Å². The van der Waals surface area contributed by atoms with Gasteiger partial charge in [0, 0.05) is 11.8 Å². The average molecular weight is 235 g/mol. The molecule has 0 saturated heterocycles. The van der Waals surface area contributed by atoms with Crippen LogP contribution in [0.25, 0.3) is 0 Å². The summed E-state index contributed by atoms with van der Waals surface area (Å²) in [6.07, 6.45) is 7.90. The van der Waals surface area contributed by atoms with Crippen LogP contribution in [-0.2, 0) is 0 Å². The molecule has 0 amide bonds. The Hall–Kier alpha value is -1.09. The van der Waals surface area contributed by atoms with Gasteiger partial charge >= 0.3 is 0 Å². The molecule has 1 fully saturated rings. The Morgan fingerprint density at radius 2 is 2.00 bits per heavy atom. The molecule has 0 spiro atoms. The van der Waals surface area contributed by atoms with Crippen LogP contribution >= 0.6 is 0 Å². The Labute approximate surface area is 103 Å². The fourth-order valence-electron chi connectivity index (χ4n) is 2.48. The number of aliphatic hydroxyl groups excluding tert-OH is 1. The average Bonchev–Trinajstić information content (AvgIpc) is 2.81. The normalized spacial score (nSPS) is 18.6. The largest absolute Gasteiger partial charge is 0.489 e. The maximum absolute atomic E-state index is 10.3. The van der Waals surface area contributed by atoms with Gasteiger partial charge in [0.05, 0.1) is 18.4 Å². The molecule has 94 valence electrons. The third-order valence-electron chi connectivity index (χ3n) is 3.29. The van der Waals surface area contributed by atoms with Crippen molar-refractivity contribution in [2.24, 2.45) is 5.92 Å². The highest BCUT2D eigenvalue weighted by molar-refractivity contribution is 5.25. The van der Waals surface area contributed by atoms with Gasteiger partial charge in [0.15, 0.2) is 0 Å². The summed E-state index contributed by atoms with van der Waals surface area (Å²) in [5.41, 5.74) is 0.884. The van der Waals surface area contributed by atoms with Crippen LogP contribution in [0.3, 0.4) is 0 Å². The number of ether oxygens (including phenoxy) is 1. The summed E-state index contributed by atoms with van der Waals surface area (Å²) < 4.78 is 5.59. The first-order chi connectivity index (χ1) is 8.16. The molecule has 3 heteroatoms. The Morgan fingerprint density at radius 3 is 2.65 bits per heavy atom. The van der Waals surface area contributed by atoms with Gasteiger partial charge in [-0.3, -0.25) is 4.98 Å². The summed E-state index contributed by atoms with van der Waals surface area (Å²) >= 11 is 0. The van der Waals surface area contributed by atoms with E-state index in [9.17, 15) is 5.11 Å². The van der Waals surface area contributed by atoms with E-state index in [1.54, 1.807) is 12.4 Å². The summed E-state index contributed by atoms with van der Waals surface area (Å²) in [4.78, 5) is 4.15. The smallest absolute Gasteiger partial charge is 0.138 e. The molecular weight excluding hydrogens is 214 g/mol. The quantitative estimate of drug-likeness (QED) is 0.872. The zero-order chi connectivity index (χ0) is 12.3. The molecule has 0 aliphatic heterocycles. The highest BCUT2D eigenvalue weighted by atomic mass is 16.5. The maximum atomic E-state index is 10.3. The maximum Gasteiger partial charge on any atom is 0.138 e. The van der Waals surface area contributed by atoms with Crippen LogP contribution in [0.5, 0.6) is 5.75 Å². The van der Waals surface area contributed by atoms with Crippen LogP contribution in [0.1, 0.15) is 51.2 Å². The lowest BCUT2D eigenvalue weighted by molar-refractivity contribution is 0.110. The summed E-state index contributed by atoms with van der Waals surface area (Å²) in [5.74, 6) is 1.14. The van der Waals surface area contributed by atoms with E-state index in [-0.39, 0.29) is 12.2 Å². The molecule has 1 aromatic heterocycles. The highest BCUT2D eigenvalue weighted by Gasteiger charge is 2.24. The molecule has 1 aromatic rings. The molecule has 0 aromatic carbocycles. The Kier molecular flexibility index (Phi) is 4.00. The summed E-state index contributed by atoms with van der Waals surface area (Å²) in [6, 6.07) is 1.91. The van der Waals surface area contributed by atoms with Crippen LogP contribution in [-0.4, -0.2) is 16.2 Å². The summed E-state index contributed by atoms with van der Waals surface area (Å²) in [5, 5.41) is 10.3. The number of pyridine rings is 1. The van der Waals surface area contributed by atoms with Gasteiger partial charge in [0.2, 0.25) is 0 Å². The molecule has 1 aliphatic rings. The van der Waals surface area contributed by atoms with E-state index in [1.165, 1.54) is 12.8 Å². The minimum atomic E-state index is -0.388. The molecular formula is C14H21NO2. The van der Waals surface area contributed by atoms with Crippen molar-refractivity contribution in [3.63, 3.8) is 0 Å². The molecule has 0 bridgehead atoms. The molecule has 2 rings (SSSR count). The molecule has 17 heavy (non-hydrogen) atoms. The topological polar surface area (TPSA) is 42.4 Å². The number of aliphatic hydroxyl groups is 1. The van der Waals surface area contributed by atoms with E-state index in [4.69, 9.17) is 4.74 Å². The van der Waals surface area contributed by atoms with E-state index in [0.717, 1.165) is 24.2 Å². The minimum absolute atomic E-state index is 0.135. The molecule has 1 N–H and O–H groups in total. The van der Waals surface area contributed by atoms with Gasteiger partial charge in [-0.05, 0) is 38.7 Å². The molecule has 1 unspecified atom stereocenters. The lowest BCUT2D eigenvalue weighted by Gasteiger charge is -2.18. The second-order valence-electron chi connectivity index (χ2n) is 5.11. The van der Waals surface area contributed by atoms with Crippen molar-refractivity contribution in [1.29, 1.82) is 0 Å². The van der Waals surface area contributed by atoms with Crippen molar-refractivity contribution in [2.75, 3.05) is 0 Å². The predicted octanol–water partition coefficient (Wildman–Crippen LogP) is 3.09. The fourth-order valence-corrected chi connectivity index (χ4v) is 2.48. The van der Waals surface area contributed by atoms with Gasteiger partial charge < -0.3 is 9.84 Å². The van der Waals surface area contributed by atoms with Gasteiger partial charge in [-0.1, -0.05) is 12.8 Å². The van der Waals surface area contributed by atoms with E-state index in [1.807, 2.05) is 19.9 Å². The van der Waals surface area contributed by atoms with Crippen LogP contribution in [0.15, 0.2) is 18.5 Å². The summed E-state index contributed by atoms with van der Waals surface area (Å²) in [6.45, 7) is 3.97. The Balaban J connectivity index is 2.09. The zero-order valence-corrected chi connectivity index (χ0v) is 10.6. The molecule has 1 heterocycles. The molecule has 0 radical (unpaired) electrons. The van der Waals surface area contributed by atoms with Crippen molar-refractivity contribution in [1.82, 2.24) is 4.98 Å². The van der Waals surface area contributed by atoms with E-state index in [2.05, 4.69) is 4.98 Å². The number of rotatable bonds is 4. The zero-order valence-electron chi connectivity index (χ0n) is 10.6. The SMILES string of the molecule is CC(C)Oc1cncc(C(O)C2CCCC2)c1. The van der Waals surface area contributed by atoms with Crippen molar-refractivity contribution < 1.29 is 9.84 Å². The number of nitrogens with zero attached hydrogens (tertiary/aromatic N) is 1. The lowest BCUT2D eigenvalue weighted by Crippen LogP contribution is -2.11. The van der Waals surface area contributed by atoms with Gasteiger partial charge in [0.25, 0.3) is 0 Å². The second kappa shape index (κ2) is 5.50. The van der Waals surface area contributed by atoms with E-state index < -0.39 is 0 Å². The second-order valence-corrected chi connectivity index (χ2v) is 5.11. The van der Waals surface area contributed by atoms with Gasteiger partial charge in [-0.25, -0.2) is 0 Å². The Bertz CT molecular complexity index is 359. The standard InChI is InChI=1S/C14H21NO2/c1-10(2)17-13-7-12(8-15-9-13)14(16)11-5-3-4-6-11/h7-11,14,16H,3-6H2,1-2H3. The van der Waals surface area contributed by atoms with Gasteiger partial charge in [-0.2, -0.15) is 0 Å². The third-order valence-corrected chi connectivity index (χ3v) is 3.29. The third kappa shape index (κ3) is 3.19. The van der Waals surface area contributed by atoms with Crippen molar-refractivity contribution in [2.45, 2.75) is 51.7 Å². The highest BCUT2D eigenvalue weighted by Crippen LogP contribution is 2.36. The van der Waals surface area contributed by atoms with Crippen LogP contribution in [0, 0.1) is 5.92 Å². The predicted molar refractivity (Wildman–Crippen MR) is 66.9 cm³/mol. The monoisotopic (exact) mass is 235 g/mol. The first-order valence-corrected chi connectivity index (χ1v) is 6.46. The van der Waals surface area contributed by atoms with Gasteiger partial charge in [0.1, 0.15) is 5.75 Å². The van der Waals surface area contributed by atoms with Crippen LogP contribution < -0.4 is 4.74 Å². The number of hydrogen-bond donors (Lipinski definition) is 1. The van der Waals surface area contributed by atoms with E-state index in [0.29, 0.717) is 5.92 Å². The van der Waals surface area contributed by atoms with Gasteiger partial charge in [-0.15, -0.1) is 0 Å². The summed E-state index contributed by atoms with van der Waals surface area (Å²) in [7, 11) is 0. The van der Waals surface area contributed by atoms with Crippen molar-refractivity contribution >= 4 is 0 Å². The van der Waals surface area contributed by atoms with E-state index >= 15 is 0 Å². The number of hydrogen-bond acceptors (Lipinski definition) is 3. The minimum Gasteiger partial charge on any atom is -0.489 e.